The number of fused-ring (bicyclic) bond motifs is 1. The van der Waals surface area contributed by atoms with Gasteiger partial charge in [0.15, 0.2) is 6.61 Å². The molecule has 1 amide bonds. The van der Waals surface area contributed by atoms with Crippen LogP contribution in [0.2, 0.25) is 0 Å². The number of aromatic nitrogens is 1. The van der Waals surface area contributed by atoms with Crippen molar-refractivity contribution in [3.8, 4) is 5.75 Å². The molecule has 7 nitrogen and oxygen atoms in total. The maximum absolute atomic E-state index is 12.3. The lowest BCUT2D eigenvalue weighted by atomic mass is 10.2. The Kier molecular flexibility index (Phi) is 4.68. The van der Waals surface area contributed by atoms with Crippen molar-refractivity contribution >= 4 is 26.8 Å². The molecular weight excluding hydrogens is 330 g/mol. The lowest BCUT2D eigenvalue weighted by Gasteiger charge is -2.33. The van der Waals surface area contributed by atoms with E-state index in [1.807, 2.05) is 24.3 Å². The Morgan fingerprint density at radius 3 is 2.58 bits per heavy atom. The van der Waals surface area contributed by atoms with Gasteiger partial charge < -0.3 is 9.64 Å². The van der Waals surface area contributed by atoms with Gasteiger partial charge in [0.05, 0.1) is 6.26 Å². The van der Waals surface area contributed by atoms with Crippen LogP contribution in [0.1, 0.15) is 0 Å². The zero-order valence-corrected chi connectivity index (χ0v) is 14.2. The number of carbonyl (C=O) groups is 1. The number of amides is 1. The fourth-order valence-corrected chi connectivity index (χ4v) is 3.52. The van der Waals surface area contributed by atoms with Gasteiger partial charge in [0.2, 0.25) is 10.0 Å². The fourth-order valence-electron chi connectivity index (χ4n) is 2.69. The third-order valence-corrected chi connectivity index (χ3v) is 5.31. The van der Waals surface area contributed by atoms with E-state index in [9.17, 15) is 13.2 Å². The Hall–Kier alpha value is -2.19. The van der Waals surface area contributed by atoms with Crippen molar-refractivity contribution in [2.45, 2.75) is 0 Å². The van der Waals surface area contributed by atoms with Crippen LogP contribution in [0.3, 0.4) is 0 Å². The quantitative estimate of drug-likeness (QED) is 0.812. The molecule has 0 unspecified atom stereocenters. The van der Waals surface area contributed by atoms with Crippen molar-refractivity contribution in [1.29, 1.82) is 0 Å². The zero-order chi connectivity index (χ0) is 17.2. The average molecular weight is 349 g/mol. The van der Waals surface area contributed by atoms with Gasteiger partial charge >= 0.3 is 0 Å². The summed E-state index contributed by atoms with van der Waals surface area (Å²) in [5, 5.41) is 0.948. The molecule has 128 valence electrons. The second-order valence-electron chi connectivity index (χ2n) is 5.66. The second-order valence-corrected chi connectivity index (χ2v) is 7.65. The summed E-state index contributed by atoms with van der Waals surface area (Å²) in [4.78, 5) is 18.2. The summed E-state index contributed by atoms with van der Waals surface area (Å²) in [6.07, 6.45) is 2.86. The van der Waals surface area contributed by atoms with E-state index >= 15 is 0 Å². The first-order valence-corrected chi connectivity index (χ1v) is 9.49. The van der Waals surface area contributed by atoms with E-state index in [-0.39, 0.29) is 12.5 Å². The predicted molar refractivity (Wildman–Crippen MR) is 90.2 cm³/mol. The van der Waals surface area contributed by atoms with Crippen LogP contribution in [0.15, 0.2) is 36.5 Å². The molecule has 1 saturated heterocycles. The van der Waals surface area contributed by atoms with Gasteiger partial charge in [-0.3, -0.25) is 9.78 Å². The molecule has 0 N–H and O–H groups in total. The number of carbonyl (C=O) groups excluding carboxylic acids is 1. The summed E-state index contributed by atoms with van der Waals surface area (Å²) in [6, 6.07) is 9.35. The number of pyridine rings is 1. The average Bonchev–Trinajstić information content (AvgIpc) is 2.59. The minimum Gasteiger partial charge on any atom is -0.481 e. The Labute approximate surface area is 140 Å². The molecule has 0 radical (unpaired) electrons. The lowest BCUT2D eigenvalue weighted by molar-refractivity contribution is -0.134. The molecule has 2 aromatic rings. The highest BCUT2D eigenvalue weighted by atomic mass is 32.2. The zero-order valence-electron chi connectivity index (χ0n) is 13.4. The summed E-state index contributed by atoms with van der Waals surface area (Å²) >= 11 is 0. The molecule has 8 heteroatoms. The number of rotatable bonds is 4. The third-order valence-electron chi connectivity index (χ3n) is 4.01. The molecule has 2 heterocycles. The normalized spacial score (nSPS) is 16.3. The van der Waals surface area contributed by atoms with Crippen LogP contribution < -0.4 is 4.74 Å². The Balaban J connectivity index is 1.60. The molecule has 24 heavy (non-hydrogen) atoms. The Bertz CT molecular complexity index is 840. The van der Waals surface area contributed by atoms with E-state index in [1.165, 1.54) is 10.6 Å². The lowest BCUT2D eigenvalue weighted by Crippen LogP contribution is -2.51. The number of hydrogen-bond donors (Lipinski definition) is 0. The van der Waals surface area contributed by atoms with E-state index in [2.05, 4.69) is 4.98 Å². The molecule has 1 fully saturated rings. The molecule has 0 saturated carbocycles. The molecule has 1 aliphatic rings. The molecule has 0 bridgehead atoms. The van der Waals surface area contributed by atoms with Gasteiger partial charge in [-0.2, -0.15) is 4.31 Å². The summed E-state index contributed by atoms with van der Waals surface area (Å²) in [5.41, 5.74) is 0.717. The first-order chi connectivity index (χ1) is 11.4. The Morgan fingerprint density at radius 2 is 1.88 bits per heavy atom. The minimum absolute atomic E-state index is 0.0887. The van der Waals surface area contributed by atoms with Crippen LogP contribution in [0, 0.1) is 0 Å². The first-order valence-electron chi connectivity index (χ1n) is 7.64. The van der Waals surface area contributed by atoms with Crippen LogP contribution in [-0.4, -0.2) is 67.6 Å². The van der Waals surface area contributed by atoms with E-state index in [1.54, 1.807) is 17.2 Å². The number of nitrogens with zero attached hydrogens (tertiary/aromatic N) is 3. The first kappa shape index (κ1) is 16.7. The number of para-hydroxylation sites is 1. The van der Waals surface area contributed by atoms with Gasteiger partial charge in [-0.25, -0.2) is 8.42 Å². The van der Waals surface area contributed by atoms with Gasteiger partial charge in [-0.1, -0.05) is 18.2 Å². The number of piperazine rings is 1. The van der Waals surface area contributed by atoms with Gasteiger partial charge in [0.1, 0.15) is 11.3 Å². The smallest absolute Gasteiger partial charge is 0.260 e. The third kappa shape index (κ3) is 3.65. The molecular formula is C16H19N3O4S. The summed E-state index contributed by atoms with van der Waals surface area (Å²) in [6.45, 7) is 1.31. The van der Waals surface area contributed by atoms with Crippen LogP contribution in [-0.2, 0) is 14.8 Å². The van der Waals surface area contributed by atoms with E-state index in [4.69, 9.17) is 4.74 Å². The molecule has 0 aliphatic carbocycles. The highest BCUT2D eigenvalue weighted by Crippen LogP contribution is 2.22. The van der Waals surface area contributed by atoms with E-state index in [0.717, 1.165) is 10.9 Å². The maximum atomic E-state index is 12.3. The topological polar surface area (TPSA) is 79.8 Å². The van der Waals surface area contributed by atoms with Gasteiger partial charge in [-0.05, 0) is 12.1 Å². The molecule has 0 atom stereocenters. The van der Waals surface area contributed by atoms with E-state index < -0.39 is 10.0 Å². The highest BCUT2D eigenvalue weighted by Gasteiger charge is 2.26. The van der Waals surface area contributed by atoms with Crippen molar-refractivity contribution in [1.82, 2.24) is 14.2 Å². The van der Waals surface area contributed by atoms with Crippen LogP contribution in [0.5, 0.6) is 5.75 Å². The van der Waals surface area contributed by atoms with Gasteiger partial charge in [0, 0.05) is 37.8 Å². The largest absolute Gasteiger partial charge is 0.481 e. The fraction of sp³-hybridized carbons (Fsp3) is 0.375. The summed E-state index contributed by atoms with van der Waals surface area (Å²) in [7, 11) is -3.20. The van der Waals surface area contributed by atoms with Gasteiger partial charge in [0.25, 0.3) is 5.91 Å². The number of hydrogen-bond acceptors (Lipinski definition) is 5. The molecule has 0 spiro atoms. The second kappa shape index (κ2) is 6.74. The number of ether oxygens (including phenoxy) is 1. The highest BCUT2D eigenvalue weighted by molar-refractivity contribution is 7.88. The standard InChI is InChI=1S/C16H19N3O4S/c1-24(21,22)19-10-8-18(9-11-19)15(20)12-23-14-6-2-4-13-5-3-7-17-16(13)14/h2-7H,8-12H2,1H3. The number of sulfonamides is 1. The van der Waals surface area contributed by atoms with Crippen LogP contribution >= 0.6 is 0 Å². The maximum Gasteiger partial charge on any atom is 0.260 e. The molecule has 1 aromatic carbocycles. The van der Waals surface area contributed by atoms with E-state index in [0.29, 0.717) is 31.9 Å². The number of benzene rings is 1. The van der Waals surface area contributed by atoms with Crippen LogP contribution in [0.25, 0.3) is 10.9 Å². The summed E-state index contributed by atoms with van der Waals surface area (Å²) in [5.74, 6) is 0.410. The van der Waals surface area contributed by atoms with Crippen molar-refractivity contribution in [3.05, 3.63) is 36.5 Å². The molecule has 3 rings (SSSR count). The Morgan fingerprint density at radius 1 is 1.17 bits per heavy atom. The van der Waals surface area contributed by atoms with Crippen LogP contribution in [0.4, 0.5) is 0 Å². The minimum atomic E-state index is -3.20. The molecule has 1 aromatic heterocycles. The van der Waals surface area contributed by atoms with Crippen molar-refractivity contribution in [3.63, 3.8) is 0 Å². The van der Waals surface area contributed by atoms with Crippen molar-refractivity contribution < 1.29 is 17.9 Å². The van der Waals surface area contributed by atoms with Crippen molar-refractivity contribution in [2.75, 3.05) is 39.0 Å². The molecule has 1 aliphatic heterocycles. The summed E-state index contributed by atoms with van der Waals surface area (Å²) < 4.78 is 30.0. The predicted octanol–water partition coefficient (Wildman–Crippen LogP) is 0.717. The monoisotopic (exact) mass is 349 g/mol. The van der Waals surface area contributed by atoms with Gasteiger partial charge in [-0.15, -0.1) is 0 Å². The SMILES string of the molecule is CS(=O)(=O)N1CCN(C(=O)COc2cccc3cccnc23)CC1. The van der Waals surface area contributed by atoms with Crippen molar-refractivity contribution in [2.24, 2.45) is 0 Å².